The fourth-order valence-corrected chi connectivity index (χ4v) is 4.60. The Morgan fingerprint density at radius 3 is 2.67 bits per heavy atom. The molecule has 0 bridgehead atoms. The van der Waals surface area contributed by atoms with Crippen LogP contribution >= 0.6 is 0 Å². The predicted octanol–water partition coefficient (Wildman–Crippen LogP) is 1.20. The van der Waals surface area contributed by atoms with E-state index in [1.54, 1.807) is 12.1 Å². The Kier molecular flexibility index (Phi) is 4.19. The minimum Gasteiger partial charge on any atom is -0.545 e. The number of aryl methyl sites for hydroxylation is 1. The Balaban J connectivity index is 2.16. The van der Waals surface area contributed by atoms with Crippen molar-refractivity contribution in [2.24, 2.45) is 0 Å². The lowest BCUT2D eigenvalue weighted by molar-refractivity contribution is -0.255. The van der Waals surface area contributed by atoms with Crippen molar-refractivity contribution in [3.63, 3.8) is 0 Å². The van der Waals surface area contributed by atoms with Crippen molar-refractivity contribution in [1.29, 1.82) is 0 Å². The normalized spacial score (nSPS) is 14.1. The van der Waals surface area contributed by atoms with Gasteiger partial charge in [0, 0.05) is 6.54 Å². The van der Waals surface area contributed by atoms with E-state index in [0.717, 1.165) is 18.1 Å². The van der Waals surface area contributed by atoms with E-state index in [2.05, 4.69) is 0 Å². The third-order valence-electron chi connectivity index (χ3n) is 4.04. The second-order valence-electron chi connectivity index (χ2n) is 5.46. The van der Waals surface area contributed by atoms with E-state index in [1.165, 1.54) is 23.5 Å². The SMILES string of the molecule is COc1ccc(C(=O)[O-])cc1S(=O)(=O)N1CCCc2ccccc21. The number of carboxylic acids is 1. The van der Waals surface area contributed by atoms with Crippen LogP contribution in [0.3, 0.4) is 0 Å². The van der Waals surface area contributed by atoms with Gasteiger partial charge in [-0.25, -0.2) is 8.42 Å². The van der Waals surface area contributed by atoms with Crippen LogP contribution in [-0.2, 0) is 16.4 Å². The molecule has 0 aromatic heterocycles. The molecule has 0 saturated carbocycles. The van der Waals surface area contributed by atoms with E-state index in [9.17, 15) is 18.3 Å². The van der Waals surface area contributed by atoms with Crippen LogP contribution in [0.1, 0.15) is 22.3 Å². The molecule has 126 valence electrons. The third-order valence-corrected chi connectivity index (χ3v) is 5.87. The number of hydrogen-bond donors (Lipinski definition) is 0. The molecule has 0 saturated heterocycles. The number of carboxylic acid groups (broad SMARTS) is 1. The average Bonchev–Trinajstić information content (AvgIpc) is 2.60. The summed E-state index contributed by atoms with van der Waals surface area (Å²) in [6.45, 7) is 0.331. The number of carbonyl (C=O) groups excluding carboxylic acids is 1. The lowest BCUT2D eigenvalue weighted by atomic mass is 10.0. The van der Waals surface area contributed by atoms with Crippen molar-refractivity contribution >= 4 is 21.7 Å². The zero-order valence-corrected chi connectivity index (χ0v) is 13.9. The molecule has 0 unspecified atom stereocenters. The van der Waals surface area contributed by atoms with Crippen LogP contribution in [0.5, 0.6) is 5.75 Å². The van der Waals surface area contributed by atoms with Gasteiger partial charge in [0.2, 0.25) is 0 Å². The van der Waals surface area contributed by atoms with E-state index in [-0.39, 0.29) is 16.2 Å². The largest absolute Gasteiger partial charge is 0.545 e. The Hall–Kier alpha value is -2.54. The highest BCUT2D eigenvalue weighted by Crippen LogP contribution is 2.35. The maximum absolute atomic E-state index is 13.1. The summed E-state index contributed by atoms with van der Waals surface area (Å²) in [5.41, 5.74) is 1.35. The summed E-state index contributed by atoms with van der Waals surface area (Å²) < 4.78 is 32.7. The lowest BCUT2D eigenvalue weighted by Gasteiger charge is -2.31. The minimum atomic E-state index is -3.96. The summed E-state index contributed by atoms with van der Waals surface area (Å²) in [4.78, 5) is 10.9. The molecule has 7 heteroatoms. The fourth-order valence-electron chi connectivity index (χ4n) is 2.87. The highest BCUT2D eigenvalue weighted by Gasteiger charge is 2.31. The molecule has 6 nitrogen and oxygen atoms in total. The number of benzene rings is 2. The summed E-state index contributed by atoms with van der Waals surface area (Å²) in [5, 5.41) is 11.1. The smallest absolute Gasteiger partial charge is 0.268 e. The molecule has 3 rings (SSSR count). The second-order valence-corrected chi connectivity index (χ2v) is 7.29. The third kappa shape index (κ3) is 2.71. The zero-order chi connectivity index (χ0) is 17.3. The molecule has 0 N–H and O–H groups in total. The number of nitrogens with zero attached hydrogens (tertiary/aromatic N) is 1. The molecule has 1 heterocycles. The van der Waals surface area contributed by atoms with Gasteiger partial charge in [-0.05, 0) is 48.2 Å². The lowest BCUT2D eigenvalue weighted by Crippen LogP contribution is -2.36. The quantitative estimate of drug-likeness (QED) is 0.830. The molecule has 0 amide bonds. The standard InChI is InChI=1S/C17H17NO5S/c1-23-15-9-8-13(17(19)20)11-16(15)24(21,22)18-10-4-6-12-5-2-3-7-14(12)18/h2-3,5,7-9,11H,4,6,10H2,1H3,(H,19,20)/p-1. The molecule has 1 aliphatic rings. The number of carbonyl (C=O) groups is 1. The van der Waals surface area contributed by atoms with E-state index in [1.807, 2.05) is 12.1 Å². The number of para-hydroxylation sites is 1. The minimum absolute atomic E-state index is 0.100. The molecular weight excluding hydrogens is 330 g/mol. The maximum atomic E-state index is 13.1. The van der Waals surface area contributed by atoms with Crippen LogP contribution in [0.25, 0.3) is 0 Å². The monoisotopic (exact) mass is 346 g/mol. The number of anilines is 1. The van der Waals surface area contributed by atoms with Gasteiger partial charge in [0.25, 0.3) is 10.0 Å². The summed E-state index contributed by atoms with van der Waals surface area (Å²) in [5.74, 6) is -1.34. The molecule has 1 aliphatic heterocycles. The van der Waals surface area contributed by atoms with Crippen molar-refractivity contribution in [3.05, 3.63) is 53.6 Å². The first kappa shape index (κ1) is 16.3. The van der Waals surface area contributed by atoms with Crippen LogP contribution in [0.2, 0.25) is 0 Å². The van der Waals surface area contributed by atoms with Gasteiger partial charge in [0.15, 0.2) is 0 Å². The van der Waals surface area contributed by atoms with E-state index in [0.29, 0.717) is 18.7 Å². The number of methoxy groups -OCH3 is 1. The maximum Gasteiger partial charge on any atom is 0.268 e. The Bertz CT molecular complexity index is 892. The molecule has 0 spiro atoms. The van der Waals surface area contributed by atoms with Gasteiger partial charge in [0.05, 0.1) is 18.8 Å². The number of sulfonamides is 1. The first-order valence-corrected chi connectivity index (χ1v) is 8.89. The van der Waals surface area contributed by atoms with E-state index in [4.69, 9.17) is 4.74 Å². The molecule has 24 heavy (non-hydrogen) atoms. The van der Waals surface area contributed by atoms with E-state index >= 15 is 0 Å². The molecule has 2 aromatic carbocycles. The van der Waals surface area contributed by atoms with Gasteiger partial charge in [-0.2, -0.15) is 0 Å². The molecular formula is C17H16NO5S-. The number of aromatic carboxylic acids is 1. The van der Waals surface area contributed by atoms with Gasteiger partial charge in [-0.3, -0.25) is 4.31 Å². The topological polar surface area (TPSA) is 86.7 Å². The van der Waals surface area contributed by atoms with Gasteiger partial charge in [-0.15, -0.1) is 0 Å². The second kappa shape index (κ2) is 6.16. The number of fused-ring (bicyclic) bond motifs is 1. The van der Waals surface area contributed by atoms with Crippen LogP contribution in [0.4, 0.5) is 5.69 Å². The van der Waals surface area contributed by atoms with Crippen molar-refractivity contribution in [1.82, 2.24) is 0 Å². The highest BCUT2D eigenvalue weighted by molar-refractivity contribution is 7.93. The number of hydrogen-bond acceptors (Lipinski definition) is 5. The van der Waals surface area contributed by atoms with Crippen molar-refractivity contribution in [2.75, 3.05) is 18.0 Å². The zero-order valence-electron chi connectivity index (χ0n) is 13.1. The molecule has 2 aromatic rings. The summed E-state index contributed by atoms with van der Waals surface area (Å²) >= 11 is 0. The van der Waals surface area contributed by atoms with Crippen molar-refractivity contribution in [3.8, 4) is 5.75 Å². The van der Waals surface area contributed by atoms with Crippen LogP contribution < -0.4 is 14.1 Å². The van der Waals surface area contributed by atoms with Gasteiger partial charge in [-0.1, -0.05) is 18.2 Å². The molecule has 0 aliphatic carbocycles. The van der Waals surface area contributed by atoms with Gasteiger partial charge in [0.1, 0.15) is 10.6 Å². The fraction of sp³-hybridized carbons (Fsp3) is 0.235. The highest BCUT2D eigenvalue weighted by atomic mass is 32.2. The van der Waals surface area contributed by atoms with Crippen molar-refractivity contribution in [2.45, 2.75) is 17.7 Å². The first-order chi connectivity index (χ1) is 11.4. The average molecular weight is 346 g/mol. The van der Waals surface area contributed by atoms with E-state index < -0.39 is 16.0 Å². The summed E-state index contributed by atoms with van der Waals surface area (Å²) in [7, 11) is -2.61. The molecule has 0 fully saturated rings. The Labute approximate surface area is 140 Å². The Morgan fingerprint density at radius 2 is 1.96 bits per heavy atom. The van der Waals surface area contributed by atoms with Crippen molar-refractivity contribution < 1.29 is 23.1 Å². The van der Waals surface area contributed by atoms with Gasteiger partial charge < -0.3 is 14.6 Å². The van der Waals surface area contributed by atoms with Gasteiger partial charge >= 0.3 is 0 Å². The first-order valence-electron chi connectivity index (χ1n) is 7.45. The molecule has 0 atom stereocenters. The molecule has 0 radical (unpaired) electrons. The van der Waals surface area contributed by atoms with Crippen LogP contribution in [-0.4, -0.2) is 28.0 Å². The summed E-state index contributed by atoms with van der Waals surface area (Å²) in [6, 6.07) is 11.0. The summed E-state index contributed by atoms with van der Waals surface area (Å²) in [6.07, 6.45) is 1.50. The Morgan fingerprint density at radius 1 is 1.21 bits per heavy atom. The number of rotatable bonds is 4. The number of ether oxygens (including phenoxy) is 1. The van der Waals surface area contributed by atoms with Crippen LogP contribution in [0, 0.1) is 0 Å². The van der Waals surface area contributed by atoms with Crippen LogP contribution in [0.15, 0.2) is 47.4 Å². The predicted molar refractivity (Wildman–Crippen MR) is 86.6 cm³/mol.